The van der Waals surface area contributed by atoms with Crippen LogP contribution in [0.4, 0.5) is 15.8 Å². The molecule has 2 aromatic heterocycles. The normalized spacial score (nSPS) is 16.0. The molecule has 0 bridgehead atoms. The van der Waals surface area contributed by atoms with Crippen molar-refractivity contribution in [2.45, 2.75) is 12.5 Å². The van der Waals surface area contributed by atoms with Crippen LogP contribution in [0.25, 0.3) is 11.3 Å². The van der Waals surface area contributed by atoms with E-state index in [4.69, 9.17) is 21.3 Å². The van der Waals surface area contributed by atoms with Crippen LogP contribution in [0.5, 0.6) is 11.5 Å². The third kappa shape index (κ3) is 8.68. The summed E-state index contributed by atoms with van der Waals surface area (Å²) < 4.78 is 46.3. The number of hydrogen-bond acceptors (Lipinski definition) is 10. The number of pyridine rings is 2. The van der Waals surface area contributed by atoms with Crippen LogP contribution in [0, 0.1) is 5.82 Å². The van der Waals surface area contributed by atoms with Gasteiger partial charge in [0.25, 0.3) is 5.91 Å². The van der Waals surface area contributed by atoms with Crippen molar-refractivity contribution in [3.63, 3.8) is 0 Å². The number of hydrogen-bond donors (Lipinski definition) is 3. The molecule has 2 aromatic carbocycles. The summed E-state index contributed by atoms with van der Waals surface area (Å²) in [4.78, 5) is 28.8. The lowest BCUT2D eigenvalue weighted by atomic mass is 10.0. The Kier molecular flexibility index (Phi) is 11.1. The van der Waals surface area contributed by atoms with Crippen molar-refractivity contribution in [3.05, 3.63) is 95.2 Å². The number of aromatic hydroxyl groups is 1. The van der Waals surface area contributed by atoms with Crippen molar-refractivity contribution in [3.8, 4) is 22.8 Å². The number of sulfonamides is 1. The maximum Gasteiger partial charge on any atom is 0.255 e. The predicted octanol–water partition coefficient (Wildman–Crippen LogP) is 4.20. The minimum Gasteiger partial charge on any atom is -0.507 e. The number of piperazine rings is 1. The van der Waals surface area contributed by atoms with E-state index >= 15 is 0 Å². The number of rotatable bonds is 12. The highest BCUT2D eigenvalue weighted by molar-refractivity contribution is 7.88. The van der Waals surface area contributed by atoms with Crippen LogP contribution >= 0.6 is 11.6 Å². The first-order valence-electron chi connectivity index (χ1n) is 16.3. The monoisotopic (exact) mass is 723 g/mol. The number of amides is 1. The molecule has 2 aliphatic heterocycles. The molecule has 1 saturated heterocycles. The van der Waals surface area contributed by atoms with Crippen LogP contribution in [-0.4, -0.2) is 104 Å². The van der Waals surface area contributed by atoms with Gasteiger partial charge in [0.1, 0.15) is 18.2 Å². The number of aromatic nitrogens is 2. The maximum absolute atomic E-state index is 14.8. The molecule has 0 aliphatic carbocycles. The van der Waals surface area contributed by atoms with Gasteiger partial charge in [-0.3, -0.25) is 24.6 Å². The topological polar surface area (TPSA) is 140 Å². The van der Waals surface area contributed by atoms with E-state index in [1.54, 1.807) is 42.7 Å². The molecule has 1 fully saturated rings. The highest BCUT2D eigenvalue weighted by Gasteiger charge is 2.28. The van der Waals surface area contributed by atoms with Crippen molar-refractivity contribution >= 4 is 38.9 Å². The van der Waals surface area contributed by atoms with E-state index < -0.39 is 15.8 Å². The Morgan fingerprint density at radius 2 is 1.84 bits per heavy atom. The van der Waals surface area contributed by atoms with Gasteiger partial charge >= 0.3 is 0 Å². The number of anilines is 2. The average Bonchev–Trinajstić information content (AvgIpc) is 3.11. The van der Waals surface area contributed by atoms with Crippen LogP contribution in [-0.2, 0) is 10.0 Å². The predicted molar refractivity (Wildman–Crippen MR) is 190 cm³/mol. The van der Waals surface area contributed by atoms with Gasteiger partial charge in [0.05, 0.1) is 47.7 Å². The second-order valence-electron chi connectivity index (χ2n) is 12.2. The molecule has 0 saturated carbocycles. The van der Waals surface area contributed by atoms with Crippen molar-refractivity contribution in [2.75, 3.05) is 70.1 Å². The second-order valence-corrected chi connectivity index (χ2v) is 14.5. The lowest BCUT2D eigenvalue weighted by molar-refractivity contribution is 0.0870. The Balaban J connectivity index is 1.24. The van der Waals surface area contributed by atoms with E-state index in [0.29, 0.717) is 74.3 Å². The van der Waals surface area contributed by atoms with E-state index in [0.717, 1.165) is 36.4 Å². The molecule has 6 rings (SSSR count). The summed E-state index contributed by atoms with van der Waals surface area (Å²) in [6, 6.07) is 16.4. The van der Waals surface area contributed by atoms with E-state index in [9.17, 15) is 22.7 Å². The first kappa shape index (κ1) is 35.5. The van der Waals surface area contributed by atoms with Gasteiger partial charge < -0.3 is 20.1 Å². The zero-order valence-corrected chi connectivity index (χ0v) is 29.1. The minimum absolute atomic E-state index is 0.0837. The third-order valence-corrected chi connectivity index (χ3v) is 9.79. The summed E-state index contributed by atoms with van der Waals surface area (Å²) in [6.07, 6.45) is 5.06. The Morgan fingerprint density at radius 1 is 1.04 bits per heavy atom. The largest absolute Gasteiger partial charge is 0.507 e. The fourth-order valence-electron chi connectivity index (χ4n) is 6.31. The first-order chi connectivity index (χ1) is 24.1. The molecule has 15 heteroatoms. The van der Waals surface area contributed by atoms with Crippen molar-refractivity contribution < 1.29 is 27.4 Å². The Labute approximate surface area is 295 Å². The number of fused-ring (bicyclic) bond motifs is 1. The summed E-state index contributed by atoms with van der Waals surface area (Å²) in [5.74, 6) is -0.303. The molecule has 1 unspecified atom stereocenters. The Bertz CT molecular complexity index is 1940. The fraction of sp³-hybridized carbons (Fsp3) is 0.343. The van der Waals surface area contributed by atoms with Gasteiger partial charge in [-0.2, -0.15) is 0 Å². The number of nitrogens with zero attached hydrogens (tertiary/aromatic N) is 5. The number of carbonyl (C=O) groups is 1. The zero-order chi connectivity index (χ0) is 35.3. The van der Waals surface area contributed by atoms with Crippen LogP contribution in [0.2, 0.25) is 5.02 Å². The van der Waals surface area contributed by atoms with E-state index in [1.165, 1.54) is 18.2 Å². The van der Waals surface area contributed by atoms with Gasteiger partial charge in [-0.15, -0.1) is 0 Å². The molecule has 0 spiro atoms. The number of carbonyl (C=O) groups excluding carboxylic acids is 1. The molecule has 1 atom stereocenters. The summed E-state index contributed by atoms with van der Waals surface area (Å²) in [5, 5.41) is 13.5. The van der Waals surface area contributed by atoms with Gasteiger partial charge in [0, 0.05) is 68.3 Å². The molecule has 50 heavy (non-hydrogen) atoms. The van der Waals surface area contributed by atoms with E-state index in [-0.39, 0.29) is 23.3 Å². The third-order valence-electron chi connectivity index (χ3n) is 8.82. The molecule has 12 nitrogen and oxygen atoms in total. The van der Waals surface area contributed by atoms with Crippen LogP contribution in [0.3, 0.4) is 0 Å². The Hall–Kier alpha value is -4.34. The summed E-state index contributed by atoms with van der Waals surface area (Å²) in [5.41, 5.74) is 3.35. The highest BCUT2D eigenvalue weighted by atomic mass is 35.5. The summed E-state index contributed by atoms with van der Waals surface area (Å²) >= 11 is 6.18. The molecule has 2 aliphatic rings. The number of nitrogens with one attached hydrogen (secondary N) is 2. The lowest BCUT2D eigenvalue weighted by Gasteiger charge is -2.39. The second kappa shape index (κ2) is 15.7. The van der Waals surface area contributed by atoms with E-state index in [1.807, 2.05) is 12.1 Å². The molecule has 4 heterocycles. The highest BCUT2D eigenvalue weighted by Crippen LogP contribution is 2.40. The van der Waals surface area contributed by atoms with Gasteiger partial charge in [-0.05, 0) is 55.0 Å². The molecule has 0 radical (unpaired) electrons. The molecule has 264 valence electrons. The van der Waals surface area contributed by atoms with Crippen molar-refractivity contribution in [1.82, 2.24) is 29.8 Å². The van der Waals surface area contributed by atoms with Gasteiger partial charge in [-0.1, -0.05) is 23.7 Å². The summed E-state index contributed by atoms with van der Waals surface area (Å²) in [6.45, 7) is 5.14. The number of ether oxygens (including phenoxy) is 1. The number of halogens is 2. The lowest BCUT2D eigenvalue weighted by Crippen LogP contribution is -2.49. The number of phenolic OH excluding ortho intramolecular Hbond substituents is 1. The summed E-state index contributed by atoms with van der Waals surface area (Å²) in [7, 11) is -3.26. The van der Waals surface area contributed by atoms with Crippen LogP contribution in [0.1, 0.15) is 28.5 Å². The van der Waals surface area contributed by atoms with Crippen molar-refractivity contribution in [1.29, 1.82) is 0 Å². The molecular weight excluding hydrogens is 685 g/mol. The molecule has 1 amide bonds. The van der Waals surface area contributed by atoms with Crippen molar-refractivity contribution in [2.24, 2.45) is 0 Å². The number of benzene rings is 2. The number of phenols is 1. The quantitative estimate of drug-likeness (QED) is 0.195. The average molecular weight is 724 g/mol. The minimum atomic E-state index is -3.26. The van der Waals surface area contributed by atoms with E-state index in [2.05, 4.69) is 29.7 Å². The molecule has 4 aromatic rings. The fourth-order valence-corrected chi connectivity index (χ4v) is 6.94. The van der Waals surface area contributed by atoms with Crippen LogP contribution < -0.4 is 19.7 Å². The van der Waals surface area contributed by atoms with Gasteiger partial charge in [0.2, 0.25) is 10.0 Å². The Morgan fingerprint density at radius 3 is 2.62 bits per heavy atom. The van der Waals surface area contributed by atoms with Crippen LogP contribution in [0.15, 0.2) is 73.1 Å². The standard InChI is InChI=1S/C35H39ClFN7O5S/c1-50(47,48)41-12-13-42-14-16-43(17-15-42)31(9-11-39-35(46)26-4-2-3-5-33(26)45)30-21-25(8-10-38-30)44-18-19-49-34-23-40-29(22-32(34)44)27-20-24(36)6-7-28(27)37/h2-8,10,20-23,31,41,45H,9,11-19H2,1H3,(H,39,46). The molecule has 3 N–H and O–H groups in total. The van der Waals surface area contributed by atoms with Gasteiger partial charge in [-0.25, -0.2) is 17.5 Å². The maximum atomic E-state index is 14.8. The smallest absolute Gasteiger partial charge is 0.255 e. The number of para-hydroxylation sites is 1. The first-order valence-corrected chi connectivity index (χ1v) is 18.6. The molecular formula is C35H39ClFN7O5S. The zero-order valence-electron chi connectivity index (χ0n) is 27.6. The van der Waals surface area contributed by atoms with Gasteiger partial charge in [0.15, 0.2) is 5.75 Å². The SMILES string of the molecule is CS(=O)(=O)NCCN1CCN(C(CCNC(=O)c2ccccc2O)c2cc(N3CCOc4cnc(-c5cc(Cl)ccc5F)cc43)ccn2)CC1.